The fourth-order valence-electron chi connectivity index (χ4n) is 2.24. The summed E-state index contributed by atoms with van der Waals surface area (Å²) in [5, 5.41) is 14.0. The highest BCUT2D eigenvalue weighted by Gasteiger charge is 2.07. The van der Waals surface area contributed by atoms with Gasteiger partial charge in [-0.15, -0.1) is 0 Å². The Labute approximate surface area is 139 Å². The maximum Gasteiger partial charge on any atom is 0.319 e. The highest BCUT2D eigenvalue weighted by atomic mass is 16.2. The van der Waals surface area contributed by atoms with Crippen molar-refractivity contribution in [2.24, 2.45) is 14.1 Å². The molecule has 2 N–H and O–H groups in total. The van der Waals surface area contributed by atoms with Crippen LogP contribution < -0.4 is 10.6 Å². The summed E-state index contributed by atoms with van der Waals surface area (Å²) in [4.78, 5) is 16.2. The van der Waals surface area contributed by atoms with E-state index in [1.807, 2.05) is 45.3 Å². The number of carbonyl (C=O) groups is 1. The Balaban J connectivity index is 1.57. The number of urea groups is 1. The van der Waals surface area contributed by atoms with Crippen molar-refractivity contribution in [3.05, 3.63) is 48.0 Å². The van der Waals surface area contributed by atoms with Crippen LogP contribution in [0.5, 0.6) is 0 Å². The molecule has 0 bridgehead atoms. The van der Waals surface area contributed by atoms with Gasteiger partial charge in [0.15, 0.2) is 5.82 Å². The van der Waals surface area contributed by atoms with Gasteiger partial charge >= 0.3 is 6.03 Å². The molecule has 1 aromatic carbocycles. The first kappa shape index (κ1) is 15.7. The van der Waals surface area contributed by atoms with Gasteiger partial charge in [0.05, 0.1) is 6.20 Å². The van der Waals surface area contributed by atoms with Gasteiger partial charge in [-0.3, -0.25) is 9.36 Å². The lowest BCUT2D eigenvalue weighted by Gasteiger charge is -2.08. The van der Waals surface area contributed by atoms with E-state index in [9.17, 15) is 4.79 Å². The molecular formula is C16H19N7O. The minimum Gasteiger partial charge on any atom is -0.334 e. The SMILES string of the molecule is Cc1c(CNC(=O)Nc2ccc(-c3ncn(C)n3)cc2)cnn1C. The quantitative estimate of drug-likeness (QED) is 0.766. The lowest BCUT2D eigenvalue weighted by molar-refractivity contribution is 0.251. The summed E-state index contributed by atoms with van der Waals surface area (Å²) in [7, 11) is 3.69. The molecule has 0 aliphatic carbocycles. The molecule has 0 spiro atoms. The largest absolute Gasteiger partial charge is 0.334 e. The van der Waals surface area contributed by atoms with Gasteiger partial charge in [0, 0.05) is 43.1 Å². The first-order valence-electron chi connectivity index (χ1n) is 7.51. The molecule has 0 atom stereocenters. The summed E-state index contributed by atoms with van der Waals surface area (Å²) < 4.78 is 3.43. The van der Waals surface area contributed by atoms with Crippen LogP contribution in [0.1, 0.15) is 11.3 Å². The average Bonchev–Trinajstić information content (AvgIpc) is 3.13. The van der Waals surface area contributed by atoms with Crippen molar-refractivity contribution in [2.45, 2.75) is 13.5 Å². The van der Waals surface area contributed by atoms with Crippen molar-refractivity contribution < 1.29 is 4.79 Å². The third-order valence-electron chi connectivity index (χ3n) is 3.78. The molecule has 3 rings (SSSR count). The third kappa shape index (κ3) is 3.43. The lowest BCUT2D eigenvalue weighted by atomic mass is 10.2. The number of nitrogens with zero attached hydrogens (tertiary/aromatic N) is 5. The summed E-state index contributed by atoms with van der Waals surface area (Å²) in [6.45, 7) is 2.40. The number of benzene rings is 1. The number of carbonyl (C=O) groups excluding carboxylic acids is 1. The van der Waals surface area contributed by atoms with Crippen LogP contribution in [0.4, 0.5) is 10.5 Å². The van der Waals surface area contributed by atoms with Gasteiger partial charge in [-0.25, -0.2) is 9.78 Å². The zero-order valence-corrected chi connectivity index (χ0v) is 13.8. The van der Waals surface area contributed by atoms with Crippen molar-refractivity contribution >= 4 is 11.7 Å². The second kappa shape index (κ2) is 6.53. The van der Waals surface area contributed by atoms with Crippen LogP contribution in [0.25, 0.3) is 11.4 Å². The van der Waals surface area contributed by atoms with E-state index < -0.39 is 0 Å². The number of nitrogens with one attached hydrogen (secondary N) is 2. The summed E-state index contributed by atoms with van der Waals surface area (Å²) >= 11 is 0. The second-order valence-electron chi connectivity index (χ2n) is 5.51. The predicted molar refractivity (Wildman–Crippen MR) is 90.2 cm³/mol. The van der Waals surface area contributed by atoms with Crippen LogP contribution in [0.15, 0.2) is 36.8 Å². The molecule has 24 heavy (non-hydrogen) atoms. The van der Waals surface area contributed by atoms with Crippen LogP contribution >= 0.6 is 0 Å². The molecule has 0 fully saturated rings. The van der Waals surface area contributed by atoms with Gasteiger partial charge in [0.2, 0.25) is 0 Å². The number of rotatable bonds is 4. The van der Waals surface area contributed by atoms with Crippen molar-refractivity contribution in [3.8, 4) is 11.4 Å². The van der Waals surface area contributed by atoms with Crippen molar-refractivity contribution in [2.75, 3.05) is 5.32 Å². The Kier molecular flexibility index (Phi) is 4.28. The standard InChI is InChI=1S/C16H19N7O/c1-11-13(9-19-23(11)3)8-17-16(24)20-14-6-4-12(5-7-14)15-18-10-22(2)21-15/h4-7,9-10H,8H2,1-3H3,(H2,17,20,24). The monoisotopic (exact) mass is 325 g/mol. The Morgan fingerprint density at radius 3 is 2.54 bits per heavy atom. The first-order chi connectivity index (χ1) is 11.5. The molecular weight excluding hydrogens is 306 g/mol. The van der Waals surface area contributed by atoms with E-state index >= 15 is 0 Å². The summed E-state index contributed by atoms with van der Waals surface area (Å²) in [6.07, 6.45) is 3.40. The van der Waals surface area contributed by atoms with E-state index in [1.54, 1.807) is 21.9 Å². The number of hydrogen-bond acceptors (Lipinski definition) is 4. The van der Waals surface area contributed by atoms with Crippen molar-refractivity contribution in [1.82, 2.24) is 29.9 Å². The molecule has 124 valence electrons. The van der Waals surface area contributed by atoms with Gasteiger partial charge in [0.25, 0.3) is 0 Å². The van der Waals surface area contributed by atoms with E-state index in [1.165, 1.54) is 0 Å². The molecule has 0 saturated carbocycles. The Bertz CT molecular complexity index is 848. The molecule has 8 nitrogen and oxygen atoms in total. The molecule has 0 unspecified atom stereocenters. The fraction of sp³-hybridized carbons (Fsp3) is 0.250. The minimum absolute atomic E-state index is 0.262. The lowest BCUT2D eigenvalue weighted by Crippen LogP contribution is -2.28. The van der Waals surface area contributed by atoms with Crippen molar-refractivity contribution in [1.29, 1.82) is 0 Å². The molecule has 0 radical (unpaired) electrons. The fourth-order valence-corrected chi connectivity index (χ4v) is 2.24. The van der Waals surface area contributed by atoms with E-state index in [0.29, 0.717) is 18.1 Å². The molecule has 2 heterocycles. The van der Waals surface area contributed by atoms with Gasteiger partial charge in [-0.05, 0) is 31.2 Å². The summed E-state index contributed by atoms with van der Waals surface area (Å²) in [5.74, 6) is 0.653. The average molecular weight is 325 g/mol. The third-order valence-corrected chi connectivity index (χ3v) is 3.78. The van der Waals surface area contributed by atoms with Gasteiger partial charge < -0.3 is 10.6 Å². The smallest absolute Gasteiger partial charge is 0.319 e. The van der Waals surface area contributed by atoms with Crippen LogP contribution in [0.3, 0.4) is 0 Å². The highest BCUT2D eigenvalue weighted by Crippen LogP contribution is 2.17. The molecule has 8 heteroatoms. The molecule has 0 aliphatic heterocycles. The zero-order chi connectivity index (χ0) is 17.1. The number of hydrogen-bond donors (Lipinski definition) is 2. The van der Waals surface area contributed by atoms with E-state index in [0.717, 1.165) is 16.8 Å². The molecule has 0 saturated heterocycles. The number of aryl methyl sites for hydroxylation is 2. The second-order valence-corrected chi connectivity index (χ2v) is 5.51. The Hall–Kier alpha value is -3.16. The van der Waals surface area contributed by atoms with Crippen LogP contribution in [-0.2, 0) is 20.6 Å². The van der Waals surface area contributed by atoms with E-state index in [2.05, 4.69) is 25.8 Å². The number of anilines is 1. The molecule has 0 aliphatic rings. The maximum absolute atomic E-state index is 12.0. The predicted octanol–water partition coefficient (Wildman–Crippen LogP) is 1.85. The minimum atomic E-state index is -0.262. The van der Waals surface area contributed by atoms with Gasteiger partial charge in [-0.2, -0.15) is 10.2 Å². The van der Waals surface area contributed by atoms with E-state index in [-0.39, 0.29) is 6.03 Å². The van der Waals surface area contributed by atoms with Crippen molar-refractivity contribution in [3.63, 3.8) is 0 Å². The maximum atomic E-state index is 12.0. The molecule has 2 amide bonds. The Morgan fingerprint density at radius 2 is 1.96 bits per heavy atom. The number of aromatic nitrogens is 5. The zero-order valence-electron chi connectivity index (χ0n) is 13.8. The van der Waals surface area contributed by atoms with Crippen LogP contribution in [0, 0.1) is 6.92 Å². The topological polar surface area (TPSA) is 89.7 Å². The summed E-state index contributed by atoms with van der Waals surface area (Å²) in [6, 6.07) is 7.12. The van der Waals surface area contributed by atoms with Crippen LogP contribution in [0.2, 0.25) is 0 Å². The molecule has 2 aromatic heterocycles. The number of amides is 2. The Morgan fingerprint density at radius 1 is 1.21 bits per heavy atom. The van der Waals surface area contributed by atoms with Crippen LogP contribution in [-0.4, -0.2) is 30.6 Å². The summed E-state index contributed by atoms with van der Waals surface area (Å²) in [5.41, 5.74) is 3.62. The van der Waals surface area contributed by atoms with E-state index in [4.69, 9.17) is 0 Å². The molecule has 3 aromatic rings. The van der Waals surface area contributed by atoms with Gasteiger partial charge in [0.1, 0.15) is 6.33 Å². The first-order valence-corrected chi connectivity index (χ1v) is 7.51. The highest BCUT2D eigenvalue weighted by molar-refractivity contribution is 5.89. The van der Waals surface area contributed by atoms with Gasteiger partial charge in [-0.1, -0.05) is 0 Å². The normalized spacial score (nSPS) is 10.6.